The number of alkyl halides is 6. The number of fused-ring (bicyclic) bond motifs is 4. The van der Waals surface area contributed by atoms with Crippen LogP contribution in [0.2, 0.25) is 0 Å². The van der Waals surface area contributed by atoms with Crippen molar-refractivity contribution in [1.82, 2.24) is 14.8 Å². The lowest BCUT2D eigenvalue weighted by molar-refractivity contribution is -0.140. The number of nitrogens with one attached hydrogen (secondary N) is 1. The number of hydrogen-bond donors (Lipinski definition) is 2. The minimum absolute atomic E-state index is 0.117. The summed E-state index contributed by atoms with van der Waals surface area (Å²) in [6.45, 7) is 3.39. The molecule has 2 heterocycles. The molecule has 15 heteroatoms. The highest BCUT2D eigenvalue weighted by molar-refractivity contribution is 5.82. The topological polar surface area (TPSA) is 91.6 Å². The molecule has 52 heavy (non-hydrogen) atoms. The van der Waals surface area contributed by atoms with Crippen molar-refractivity contribution in [3.05, 3.63) is 91.9 Å². The van der Waals surface area contributed by atoms with E-state index in [4.69, 9.17) is 0 Å². The summed E-state index contributed by atoms with van der Waals surface area (Å²) in [6.07, 6.45) is -8.15. The first-order chi connectivity index (χ1) is 24.2. The van der Waals surface area contributed by atoms with Crippen LogP contribution in [-0.2, 0) is 34.8 Å². The van der Waals surface area contributed by atoms with Crippen molar-refractivity contribution in [2.24, 2.45) is 5.92 Å². The Morgan fingerprint density at radius 1 is 0.962 bits per heavy atom. The summed E-state index contributed by atoms with van der Waals surface area (Å²) >= 11 is 0. The Labute approximate surface area is 295 Å². The van der Waals surface area contributed by atoms with E-state index in [2.05, 4.69) is 5.32 Å². The van der Waals surface area contributed by atoms with Crippen LogP contribution in [0.15, 0.2) is 41.3 Å². The SMILES string of the molecule is Cc1cc(F)cc2c1-c1cc(c(F)c(C(F)(F)F)c1)[C@H](CC(=O)O)NC(=O)[C@@H](n1cc(CCN(C)C)c(C(F)(F)F)cc1=O)CC(C)CCCCC2. The van der Waals surface area contributed by atoms with E-state index < -0.39 is 76.6 Å². The average Bonchev–Trinajstić information content (AvgIpc) is 3.01. The van der Waals surface area contributed by atoms with Crippen molar-refractivity contribution >= 4 is 11.9 Å². The number of rotatable bonds is 6. The second kappa shape index (κ2) is 16.2. The van der Waals surface area contributed by atoms with Crippen LogP contribution in [0.3, 0.4) is 0 Å². The number of benzene rings is 2. The second-order valence-electron chi connectivity index (χ2n) is 13.8. The lowest BCUT2D eigenvalue weighted by Crippen LogP contribution is -2.41. The first kappa shape index (κ1) is 40.5. The number of carboxylic acid groups (broad SMARTS) is 1. The standard InChI is InChI=1S/C37H41F8N3O4/c1-20-8-6-5-7-9-22-14-25(38)13-21(2)33(22)24-15-26(34(39)28(16-24)37(43,44)45)29(18-32(50)51)46-35(52)30(12-20)48-19-23(10-11-47(3)4)27(17-31(48)49)36(40,41)42/h13-17,19-20,29-30H,5-12,18H2,1-4H3,(H,46,52)(H,50,51)/t20?,29-,30-/m0/s1. The molecule has 2 aromatic carbocycles. The highest BCUT2D eigenvalue weighted by Crippen LogP contribution is 2.41. The van der Waals surface area contributed by atoms with Gasteiger partial charge in [0, 0.05) is 24.4 Å². The van der Waals surface area contributed by atoms with Crippen molar-refractivity contribution in [1.29, 1.82) is 0 Å². The van der Waals surface area contributed by atoms with Gasteiger partial charge in [-0.25, -0.2) is 8.78 Å². The largest absolute Gasteiger partial charge is 0.481 e. The molecule has 2 bridgehead atoms. The van der Waals surface area contributed by atoms with Gasteiger partial charge in [0.1, 0.15) is 17.7 Å². The molecule has 284 valence electrons. The van der Waals surface area contributed by atoms with Gasteiger partial charge in [-0.05, 0) is 105 Å². The van der Waals surface area contributed by atoms with E-state index in [1.54, 1.807) is 25.9 Å². The van der Waals surface area contributed by atoms with E-state index in [1.165, 1.54) is 13.0 Å². The first-order valence-corrected chi connectivity index (χ1v) is 16.9. The highest BCUT2D eigenvalue weighted by atomic mass is 19.4. The lowest BCUT2D eigenvalue weighted by Gasteiger charge is -2.28. The van der Waals surface area contributed by atoms with Crippen molar-refractivity contribution in [3.63, 3.8) is 0 Å². The van der Waals surface area contributed by atoms with Gasteiger partial charge in [0.15, 0.2) is 0 Å². The Balaban J connectivity index is 1.97. The molecule has 1 amide bonds. The van der Waals surface area contributed by atoms with Gasteiger partial charge < -0.3 is 19.9 Å². The van der Waals surface area contributed by atoms with Gasteiger partial charge in [-0.2, -0.15) is 26.3 Å². The number of carbonyl (C=O) groups is 2. The second-order valence-corrected chi connectivity index (χ2v) is 13.8. The van der Waals surface area contributed by atoms with Crippen LogP contribution in [0.1, 0.15) is 90.9 Å². The monoisotopic (exact) mass is 743 g/mol. The van der Waals surface area contributed by atoms with Crippen molar-refractivity contribution in [2.45, 2.75) is 89.7 Å². The number of carbonyl (C=O) groups excluding carboxylic acids is 1. The average molecular weight is 744 g/mol. The van der Waals surface area contributed by atoms with Crippen LogP contribution in [0.25, 0.3) is 11.1 Å². The highest BCUT2D eigenvalue weighted by Gasteiger charge is 2.39. The fraction of sp³-hybridized carbons (Fsp3) is 0.486. The van der Waals surface area contributed by atoms with Crippen molar-refractivity contribution in [2.75, 3.05) is 20.6 Å². The van der Waals surface area contributed by atoms with Crippen molar-refractivity contribution in [3.8, 4) is 11.1 Å². The number of pyridine rings is 1. The molecule has 0 spiro atoms. The Kier molecular flexibility index (Phi) is 12.6. The van der Waals surface area contributed by atoms with Gasteiger partial charge in [0.25, 0.3) is 5.56 Å². The Hall–Kier alpha value is -4.27. The smallest absolute Gasteiger partial charge is 0.419 e. The molecule has 4 rings (SSSR count). The number of aromatic nitrogens is 1. The zero-order valence-electron chi connectivity index (χ0n) is 29.2. The molecule has 7 nitrogen and oxygen atoms in total. The van der Waals surface area contributed by atoms with Gasteiger partial charge in [-0.1, -0.05) is 26.2 Å². The van der Waals surface area contributed by atoms with Gasteiger partial charge in [-0.3, -0.25) is 14.4 Å². The molecular formula is C37H41F8N3O4. The fourth-order valence-corrected chi connectivity index (χ4v) is 6.83. The Morgan fingerprint density at radius 2 is 1.63 bits per heavy atom. The molecule has 1 aliphatic rings. The van der Waals surface area contributed by atoms with Crippen LogP contribution in [0, 0.1) is 24.5 Å². The number of aryl methyl sites for hydroxylation is 2. The maximum Gasteiger partial charge on any atom is 0.419 e. The van der Waals surface area contributed by atoms with Crippen LogP contribution < -0.4 is 10.9 Å². The summed E-state index contributed by atoms with van der Waals surface area (Å²) in [7, 11) is 3.28. The summed E-state index contributed by atoms with van der Waals surface area (Å²) in [5, 5.41) is 12.1. The first-order valence-electron chi connectivity index (χ1n) is 16.9. The normalized spacial score (nSPS) is 19.3. The van der Waals surface area contributed by atoms with E-state index in [1.807, 2.05) is 0 Å². The maximum atomic E-state index is 16.0. The van der Waals surface area contributed by atoms with E-state index in [-0.39, 0.29) is 54.0 Å². The van der Waals surface area contributed by atoms with E-state index in [9.17, 15) is 50.2 Å². The summed E-state index contributed by atoms with van der Waals surface area (Å²) < 4.78 is 117. The zero-order chi connectivity index (χ0) is 38.7. The summed E-state index contributed by atoms with van der Waals surface area (Å²) in [6, 6.07) is 0.802. The lowest BCUT2D eigenvalue weighted by atomic mass is 9.87. The molecule has 0 saturated heterocycles. The third kappa shape index (κ3) is 9.78. The van der Waals surface area contributed by atoms with Crippen LogP contribution in [0.4, 0.5) is 35.1 Å². The van der Waals surface area contributed by atoms with E-state index in [0.29, 0.717) is 43.4 Å². The number of halogens is 8. The molecule has 0 fully saturated rings. The molecular weight excluding hydrogens is 702 g/mol. The van der Waals surface area contributed by atoms with Gasteiger partial charge in [0.05, 0.1) is 23.6 Å². The van der Waals surface area contributed by atoms with Crippen LogP contribution in [0.5, 0.6) is 0 Å². The number of carboxylic acids is 1. The molecule has 0 radical (unpaired) electrons. The molecule has 0 aliphatic carbocycles. The number of hydrogen-bond acceptors (Lipinski definition) is 4. The molecule has 0 saturated carbocycles. The number of likely N-dealkylation sites (N-methyl/N-ethyl adjacent to an activating group) is 1. The molecule has 3 atom stereocenters. The van der Waals surface area contributed by atoms with Crippen LogP contribution in [-0.4, -0.2) is 47.1 Å². The van der Waals surface area contributed by atoms with Crippen molar-refractivity contribution < 1.29 is 49.8 Å². The minimum atomic E-state index is -5.27. The van der Waals surface area contributed by atoms with Gasteiger partial charge >= 0.3 is 18.3 Å². The predicted molar refractivity (Wildman–Crippen MR) is 178 cm³/mol. The maximum absolute atomic E-state index is 16.0. The third-order valence-electron chi connectivity index (χ3n) is 9.35. The number of nitrogens with zero attached hydrogens (tertiary/aromatic N) is 2. The van der Waals surface area contributed by atoms with Gasteiger partial charge in [0.2, 0.25) is 5.91 Å². The summed E-state index contributed by atoms with van der Waals surface area (Å²) in [5.41, 5.74) is -4.56. The number of aliphatic carboxylic acids is 1. The fourth-order valence-electron chi connectivity index (χ4n) is 6.83. The van der Waals surface area contributed by atoms with E-state index in [0.717, 1.165) is 22.9 Å². The molecule has 2 N–H and O–H groups in total. The third-order valence-corrected chi connectivity index (χ3v) is 9.35. The quantitative estimate of drug-likeness (QED) is 0.248. The molecule has 3 aromatic rings. The van der Waals surface area contributed by atoms with Gasteiger partial charge in [-0.15, -0.1) is 0 Å². The summed E-state index contributed by atoms with van der Waals surface area (Å²) in [4.78, 5) is 41.2. The molecule has 1 aromatic heterocycles. The van der Waals surface area contributed by atoms with E-state index >= 15 is 4.39 Å². The Morgan fingerprint density at radius 3 is 2.25 bits per heavy atom. The minimum Gasteiger partial charge on any atom is -0.481 e. The van der Waals surface area contributed by atoms with Crippen LogP contribution >= 0.6 is 0 Å². The molecule has 1 unspecified atom stereocenters. The predicted octanol–water partition coefficient (Wildman–Crippen LogP) is 8.26. The summed E-state index contributed by atoms with van der Waals surface area (Å²) in [5.74, 6) is -5.50. The zero-order valence-corrected chi connectivity index (χ0v) is 29.2. The molecule has 1 aliphatic heterocycles. The number of amides is 1. The Bertz CT molecular complexity index is 1850.